The molecular formula is C24H26FN5O2S. The summed E-state index contributed by atoms with van der Waals surface area (Å²) in [6.07, 6.45) is 5.11. The number of nitrogens with zero attached hydrogens (tertiary/aromatic N) is 3. The Morgan fingerprint density at radius 3 is 2.58 bits per heavy atom. The first-order chi connectivity index (χ1) is 15.9. The van der Waals surface area contributed by atoms with Crippen molar-refractivity contribution in [1.29, 1.82) is 0 Å². The second kappa shape index (κ2) is 9.68. The van der Waals surface area contributed by atoms with Gasteiger partial charge in [0.15, 0.2) is 5.82 Å². The number of halogens is 1. The van der Waals surface area contributed by atoms with Gasteiger partial charge in [-0.25, -0.2) is 14.4 Å². The molecule has 0 bridgehead atoms. The van der Waals surface area contributed by atoms with Gasteiger partial charge in [-0.05, 0) is 49.6 Å². The predicted molar refractivity (Wildman–Crippen MR) is 131 cm³/mol. The standard InChI is InChI=1S/C17H18FN5O.C7H8OS/c18-15-11(2-1-3-13(15)19)12-8-23(10-4-6-24-7-5-10)17-14(12)16(20)21-9-22-17;1-5-4-6(9)2-3-7(5)8/h1-3,8-10H,4-7,19H2,(H2,20,21,22);2-4,8-9H,1H3. The van der Waals surface area contributed by atoms with Crippen molar-refractivity contribution in [3.63, 3.8) is 0 Å². The molecule has 0 aliphatic carbocycles. The molecule has 1 saturated heterocycles. The topological polar surface area (TPSA) is 112 Å². The van der Waals surface area contributed by atoms with Crippen molar-refractivity contribution in [2.75, 3.05) is 24.7 Å². The lowest BCUT2D eigenvalue weighted by Gasteiger charge is -2.24. The number of hydrogen-bond acceptors (Lipinski definition) is 7. The molecule has 7 nitrogen and oxygen atoms in total. The number of aromatic hydroxyl groups is 1. The maximum atomic E-state index is 14.6. The molecule has 2 aromatic heterocycles. The van der Waals surface area contributed by atoms with Gasteiger partial charge in [0, 0.05) is 41.5 Å². The summed E-state index contributed by atoms with van der Waals surface area (Å²) in [5.41, 5.74) is 14.6. The van der Waals surface area contributed by atoms with Crippen LogP contribution in [0.1, 0.15) is 24.4 Å². The van der Waals surface area contributed by atoms with Crippen LogP contribution in [0.3, 0.4) is 0 Å². The minimum Gasteiger partial charge on any atom is -0.508 e. The summed E-state index contributed by atoms with van der Waals surface area (Å²) in [6.45, 7) is 3.24. The van der Waals surface area contributed by atoms with Crippen LogP contribution in [0.4, 0.5) is 15.9 Å². The average Bonchev–Trinajstić information content (AvgIpc) is 3.20. The van der Waals surface area contributed by atoms with Crippen LogP contribution in [-0.2, 0) is 4.74 Å². The largest absolute Gasteiger partial charge is 0.508 e. The molecule has 2 aromatic carbocycles. The molecular weight excluding hydrogens is 441 g/mol. The highest BCUT2D eigenvalue weighted by Crippen LogP contribution is 2.38. The molecule has 4 aromatic rings. The second-order valence-electron chi connectivity index (χ2n) is 7.93. The van der Waals surface area contributed by atoms with Gasteiger partial charge in [0.05, 0.1) is 11.1 Å². The summed E-state index contributed by atoms with van der Waals surface area (Å²) in [7, 11) is 0. The number of hydrogen-bond donors (Lipinski definition) is 4. The Kier molecular flexibility index (Phi) is 6.71. The molecule has 0 amide bonds. The number of fused-ring (bicyclic) bond motifs is 1. The number of phenols is 1. The van der Waals surface area contributed by atoms with Gasteiger partial charge in [0.1, 0.15) is 23.5 Å². The Morgan fingerprint density at radius 1 is 1.12 bits per heavy atom. The van der Waals surface area contributed by atoms with Crippen molar-refractivity contribution < 1.29 is 14.2 Å². The molecule has 0 atom stereocenters. The Morgan fingerprint density at radius 2 is 1.88 bits per heavy atom. The highest BCUT2D eigenvalue weighted by atomic mass is 32.1. The van der Waals surface area contributed by atoms with Gasteiger partial charge in [0.2, 0.25) is 0 Å². The van der Waals surface area contributed by atoms with E-state index in [9.17, 15) is 4.39 Å². The van der Waals surface area contributed by atoms with E-state index < -0.39 is 5.82 Å². The fourth-order valence-electron chi connectivity index (χ4n) is 3.95. The number of anilines is 2. The third-order valence-electron chi connectivity index (χ3n) is 5.72. The second-order valence-corrected chi connectivity index (χ2v) is 8.45. The van der Waals surface area contributed by atoms with Crippen molar-refractivity contribution in [3.05, 3.63) is 60.3 Å². The first-order valence-electron chi connectivity index (χ1n) is 10.6. The zero-order valence-electron chi connectivity index (χ0n) is 18.2. The van der Waals surface area contributed by atoms with E-state index in [1.165, 1.54) is 12.4 Å². The van der Waals surface area contributed by atoms with E-state index in [0.717, 1.165) is 23.3 Å². The lowest BCUT2D eigenvalue weighted by molar-refractivity contribution is 0.0706. The minimum absolute atomic E-state index is 0.106. The number of thiol groups is 1. The lowest BCUT2D eigenvalue weighted by Crippen LogP contribution is -2.19. The van der Waals surface area contributed by atoms with E-state index >= 15 is 0 Å². The fraction of sp³-hybridized carbons (Fsp3) is 0.250. The number of ether oxygens (including phenoxy) is 1. The zero-order valence-corrected chi connectivity index (χ0v) is 19.1. The van der Waals surface area contributed by atoms with E-state index in [0.29, 0.717) is 46.9 Å². The summed E-state index contributed by atoms with van der Waals surface area (Å²) < 4.78 is 22.1. The fourth-order valence-corrected chi connectivity index (χ4v) is 4.22. The predicted octanol–water partition coefficient (Wildman–Crippen LogP) is 4.74. The smallest absolute Gasteiger partial charge is 0.153 e. The Balaban J connectivity index is 0.000000243. The van der Waals surface area contributed by atoms with Crippen LogP contribution in [0.25, 0.3) is 22.2 Å². The number of nitrogens with two attached hydrogens (primary N) is 2. The highest BCUT2D eigenvalue weighted by molar-refractivity contribution is 7.80. The molecule has 3 heterocycles. The van der Waals surface area contributed by atoms with Gasteiger partial charge in [-0.1, -0.05) is 12.1 Å². The molecule has 1 fully saturated rings. The summed E-state index contributed by atoms with van der Waals surface area (Å²) in [5, 5.41) is 9.67. The minimum atomic E-state index is -0.452. The quantitative estimate of drug-likeness (QED) is 0.250. The average molecular weight is 468 g/mol. The Bertz CT molecular complexity index is 1290. The van der Waals surface area contributed by atoms with Gasteiger partial charge in [-0.15, -0.1) is 12.6 Å². The van der Waals surface area contributed by atoms with Gasteiger partial charge >= 0.3 is 0 Å². The van der Waals surface area contributed by atoms with E-state index in [1.54, 1.807) is 24.3 Å². The first kappa shape index (κ1) is 22.9. The summed E-state index contributed by atoms with van der Waals surface area (Å²) in [4.78, 5) is 9.35. The number of benzene rings is 2. The number of phenolic OH excluding ortho intramolecular Hbond substituents is 1. The molecule has 9 heteroatoms. The van der Waals surface area contributed by atoms with E-state index in [-0.39, 0.29) is 11.7 Å². The van der Waals surface area contributed by atoms with Crippen LogP contribution in [0.5, 0.6) is 5.75 Å². The molecule has 0 spiro atoms. The number of aromatic nitrogens is 3. The van der Waals surface area contributed by atoms with Crippen LogP contribution in [0.15, 0.2) is 53.8 Å². The highest BCUT2D eigenvalue weighted by Gasteiger charge is 2.23. The molecule has 0 radical (unpaired) electrons. The van der Waals surface area contributed by atoms with Crippen LogP contribution < -0.4 is 11.5 Å². The van der Waals surface area contributed by atoms with Crippen LogP contribution in [0, 0.1) is 12.7 Å². The van der Waals surface area contributed by atoms with Gasteiger partial charge < -0.3 is 25.9 Å². The molecule has 0 saturated carbocycles. The molecule has 5 N–H and O–H groups in total. The first-order valence-corrected chi connectivity index (χ1v) is 11.0. The monoisotopic (exact) mass is 467 g/mol. The molecule has 172 valence electrons. The Labute approximate surface area is 196 Å². The number of rotatable bonds is 2. The van der Waals surface area contributed by atoms with Crippen molar-refractivity contribution in [2.45, 2.75) is 30.7 Å². The van der Waals surface area contributed by atoms with Crippen LogP contribution in [-0.4, -0.2) is 32.9 Å². The molecule has 1 aliphatic heterocycles. The van der Waals surface area contributed by atoms with E-state index in [4.69, 9.17) is 21.3 Å². The van der Waals surface area contributed by atoms with Crippen molar-refractivity contribution >= 4 is 35.2 Å². The lowest BCUT2D eigenvalue weighted by atomic mass is 10.0. The zero-order chi connectivity index (χ0) is 23.5. The SMILES string of the molecule is Cc1cc(S)ccc1O.Nc1cccc(-c2cn(C3CCOCC3)c3ncnc(N)c23)c1F. The summed E-state index contributed by atoms with van der Waals surface area (Å²) in [5.74, 6) is 0.210. The molecule has 0 unspecified atom stereocenters. The maximum absolute atomic E-state index is 14.6. The summed E-state index contributed by atoms with van der Waals surface area (Å²) in [6, 6.07) is 10.4. The van der Waals surface area contributed by atoms with E-state index in [1.807, 2.05) is 19.2 Å². The third-order valence-corrected chi connectivity index (χ3v) is 6.00. The van der Waals surface area contributed by atoms with Crippen molar-refractivity contribution in [1.82, 2.24) is 14.5 Å². The maximum Gasteiger partial charge on any atom is 0.153 e. The number of aryl methyl sites for hydroxylation is 1. The van der Waals surface area contributed by atoms with Gasteiger partial charge in [-0.2, -0.15) is 0 Å². The van der Waals surface area contributed by atoms with Crippen LogP contribution in [0.2, 0.25) is 0 Å². The normalized spacial score (nSPS) is 14.2. The third kappa shape index (κ3) is 4.74. The molecule has 5 rings (SSSR count). The Hall–Kier alpha value is -3.30. The van der Waals surface area contributed by atoms with Gasteiger partial charge in [-0.3, -0.25) is 0 Å². The molecule has 1 aliphatic rings. The van der Waals surface area contributed by atoms with E-state index in [2.05, 4.69) is 27.2 Å². The summed E-state index contributed by atoms with van der Waals surface area (Å²) >= 11 is 4.09. The van der Waals surface area contributed by atoms with Crippen molar-refractivity contribution in [2.24, 2.45) is 0 Å². The molecule has 33 heavy (non-hydrogen) atoms. The van der Waals surface area contributed by atoms with Gasteiger partial charge in [0.25, 0.3) is 0 Å². The number of nitrogen functional groups attached to an aromatic ring is 2. The van der Waals surface area contributed by atoms with Crippen LogP contribution >= 0.6 is 12.6 Å². The van der Waals surface area contributed by atoms with Crippen molar-refractivity contribution in [3.8, 4) is 16.9 Å².